The summed E-state index contributed by atoms with van der Waals surface area (Å²) in [7, 11) is 1.24. The van der Waals surface area contributed by atoms with Gasteiger partial charge in [0, 0.05) is 12.2 Å². The number of aliphatic hydroxyl groups excluding tert-OH is 1. The third-order valence-corrected chi connectivity index (χ3v) is 7.42. The van der Waals surface area contributed by atoms with Crippen LogP contribution in [0.4, 0.5) is 9.59 Å². The topological polar surface area (TPSA) is 139 Å². The molecule has 0 radical (unpaired) electrons. The summed E-state index contributed by atoms with van der Waals surface area (Å²) in [6, 6.07) is 17.0. The van der Waals surface area contributed by atoms with Crippen molar-refractivity contribution in [1.29, 1.82) is 0 Å². The van der Waals surface area contributed by atoms with E-state index < -0.39 is 47.7 Å². The van der Waals surface area contributed by atoms with Gasteiger partial charge in [0.15, 0.2) is 0 Å². The van der Waals surface area contributed by atoms with Crippen molar-refractivity contribution in [2.75, 3.05) is 7.11 Å². The Morgan fingerprint density at radius 1 is 0.905 bits per heavy atom. The summed E-state index contributed by atoms with van der Waals surface area (Å²) in [5, 5.41) is 20.0. The first-order valence-electron chi connectivity index (χ1n) is 13.8. The van der Waals surface area contributed by atoms with Gasteiger partial charge in [0.25, 0.3) is 0 Å². The zero-order valence-electron chi connectivity index (χ0n) is 24.4. The minimum absolute atomic E-state index is 0.0682. The number of alkyl carbamates (subject to hydrolysis) is 2. The zero-order valence-corrected chi connectivity index (χ0v) is 25.2. The number of benzene rings is 2. The summed E-state index contributed by atoms with van der Waals surface area (Å²) in [6.45, 7) is 5.59. The van der Waals surface area contributed by atoms with Crippen LogP contribution in [0.5, 0.6) is 0 Å². The number of amides is 3. The highest BCUT2D eigenvalue weighted by Crippen LogP contribution is 2.21. The lowest BCUT2D eigenvalue weighted by molar-refractivity contribution is -0.126. The molecule has 0 fully saturated rings. The van der Waals surface area contributed by atoms with Crippen molar-refractivity contribution in [3.63, 3.8) is 0 Å². The van der Waals surface area contributed by atoms with Crippen molar-refractivity contribution in [2.45, 2.75) is 70.9 Å². The van der Waals surface area contributed by atoms with Crippen LogP contribution < -0.4 is 16.0 Å². The number of carbonyl (C=O) groups is 3. The Kier molecular flexibility index (Phi) is 12.3. The molecule has 4 N–H and O–H groups in total. The van der Waals surface area contributed by atoms with Crippen LogP contribution >= 0.6 is 11.3 Å². The molecule has 3 aromatic rings. The second kappa shape index (κ2) is 15.9. The summed E-state index contributed by atoms with van der Waals surface area (Å²) in [6.07, 6.45) is 0.102. The van der Waals surface area contributed by atoms with E-state index in [9.17, 15) is 19.5 Å². The van der Waals surface area contributed by atoms with E-state index in [0.717, 1.165) is 16.0 Å². The first-order chi connectivity index (χ1) is 20.0. The molecule has 3 amide bonds. The van der Waals surface area contributed by atoms with Gasteiger partial charge in [0.2, 0.25) is 5.91 Å². The molecule has 0 aliphatic rings. The number of nitrogens with one attached hydrogen (secondary N) is 3. The Bertz CT molecular complexity index is 1250. The maximum absolute atomic E-state index is 13.5. The molecule has 11 heteroatoms. The van der Waals surface area contributed by atoms with E-state index in [2.05, 4.69) is 20.9 Å². The zero-order chi connectivity index (χ0) is 30.5. The summed E-state index contributed by atoms with van der Waals surface area (Å²) >= 11 is 1.38. The maximum Gasteiger partial charge on any atom is 0.407 e. The fourth-order valence-electron chi connectivity index (χ4n) is 4.48. The van der Waals surface area contributed by atoms with Crippen LogP contribution in [0.1, 0.15) is 43.2 Å². The summed E-state index contributed by atoms with van der Waals surface area (Å²) in [5.74, 6) is -0.405. The van der Waals surface area contributed by atoms with Crippen LogP contribution in [0.15, 0.2) is 72.4 Å². The molecule has 10 nitrogen and oxygen atoms in total. The number of methoxy groups -OCH3 is 1. The van der Waals surface area contributed by atoms with Crippen LogP contribution in [0.2, 0.25) is 0 Å². The lowest BCUT2D eigenvalue weighted by Gasteiger charge is -2.33. The lowest BCUT2D eigenvalue weighted by Crippen LogP contribution is -2.56. The van der Waals surface area contributed by atoms with Crippen molar-refractivity contribution in [2.24, 2.45) is 5.41 Å². The predicted octanol–water partition coefficient (Wildman–Crippen LogP) is 4.23. The van der Waals surface area contributed by atoms with Gasteiger partial charge in [0.05, 0.1) is 29.6 Å². The third-order valence-electron chi connectivity index (χ3n) is 6.67. The van der Waals surface area contributed by atoms with E-state index >= 15 is 0 Å². The van der Waals surface area contributed by atoms with Crippen LogP contribution in [-0.4, -0.2) is 59.5 Å². The molecule has 4 unspecified atom stereocenters. The molecule has 1 aromatic heterocycles. The number of nitrogens with zero attached hydrogens (tertiary/aromatic N) is 1. The average Bonchev–Trinajstić information content (AvgIpc) is 3.48. The number of carbonyl (C=O) groups excluding carboxylic acids is 3. The molecular weight excluding hydrogens is 556 g/mol. The smallest absolute Gasteiger partial charge is 0.407 e. The van der Waals surface area contributed by atoms with Crippen LogP contribution in [0.3, 0.4) is 0 Å². The monoisotopic (exact) mass is 596 g/mol. The van der Waals surface area contributed by atoms with Crippen molar-refractivity contribution >= 4 is 29.4 Å². The SMILES string of the molecule is COC(=O)NC(C(=O)NC(Cc1ccccc1)CC(O)C(Cc1ccccc1)NC(=O)OCc1cncs1)C(C)(C)C. The van der Waals surface area contributed by atoms with Gasteiger partial charge in [-0.1, -0.05) is 81.4 Å². The van der Waals surface area contributed by atoms with E-state index in [1.807, 2.05) is 81.4 Å². The summed E-state index contributed by atoms with van der Waals surface area (Å²) in [4.78, 5) is 43.0. The highest BCUT2D eigenvalue weighted by atomic mass is 32.1. The van der Waals surface area contributed by atoms with Gasteiger partial charge < -0.3 is 30.5 Å². The first-order valence-corrected chi connectivity index (χ1v) is 14.6. The van der Waals surface area contributed by atoms with Crippen LogP contribution in [0, 0.1) is 5.41 Å². The van der Waals surface area contributed by atoms with Crippen LogP contribution in [0.25, 0.3) is 0 Å². The second-order valence-corrected chi connectivity index (χ2v) is 12.1. The van der Waals surface area contributed by atoms with E-state index in [1.165, 1.54) is 18.4 Å². The van der Waals surface area contributed by atoms with Crippen LogP contribution in [-0.2, 0) is 33.7 Å². The van der Waals surface area contributed by atoms with Gasteiger partial charge in [-0.15, -0.1) is 11.3 Å². The minimum Gasteiger partial charge on any atom is -0.453 e. The molecule has 42 heavy (non-hydrogen) atoms. The standard InChI is InChI=1S/C31H40N4O6S/c1-31(2,3)27(35-29(38)40-4)28(37)33-23(15-21-11-7-5-8-12-21)17-26(36)25(16-22-13-9-6-10-14-22)34-30(39)41-19-24-18-32-20-42-24/h5-14,18,20,23,25-27,36H,15-17,19H2,1-4H3,(H,33,37)(H,34,39)(H,35,38). The van der Waals surface area contributed by atoms with E-state index in [-0.39, 0.29) is 13.0 Å². The first kappa shape index (κ1) is 32.6. The van der Waals surface area contributed by atoms with Gasteiger partial charge in [-0.25, -0.2) is 9.59 Å². The molecule has 3 rings (SSSR count). The number of hydrogen-bond donors (Lipinski definition) is 4. The highest BCUT2D eigenvalue weighted by Gasteiger charge is 2.35. The van der Waals surface area contributed by atoms with Gasteiger partial charge in [-0.2, -0.15) is 0 Å². The van der Waals surface area contributed by atoms with E-state index in [1.54, 1.807) is 11.7 Å². The van der Waals surface area contributed by atoms with Gasteiger partial charge in [-0.3, -0.25) is 9.78 Å². The number of aliphatic hydroxyl groups is 1. The van der Waals surface area contributed by atoms with Crippen molar-refractivity contribution < 1.29 is 29.0 Å². The maximum atomic E-state index is 13.5. The Labute approximate surface area is 250 Å². The fourth-order valence-corrected chi connectivity index (χ4v) is 4.98. The van der Waals surface area contributed by atoms with Crippen molar-refractivity contribution in [3.8, 4) is 0 Å². The number of thiazole rings is 1. The Balaban J connectivity index is 1.79. The largest absolute Gasteiger partial charge is 0.453 e. The van der Waals surface area contributed by atoms with Crippen molar-refractivity contribution in [1.82, 2.24) is 20.9 Å². The van der Waals surface area contributed by atoms with Crippen molar-refractivity contribution in [3.05, 3.63) is 88.4 Å². The Morgan fingerprint density at radius 3 is 2.07 bits per heavy atom. The predicted molar refractivity (Wildman–Crippen MR) is 161 cm³/mol. The highest BCUT2D eigenvalue weighted by molar-refractivity contribution is 7.09. The number of aromatic nitrogens is 1. The number of rotatable bonds is 13. The third kappa shape index (κ3) is 10.8. The average molecular weight is 597 g/mol. The Morgan fingerprint density at radius 2 is 1.52 bits per heavy atom. The number of ether oxygens (including phenoxy) is 2. The molecule has 0 aliphatic heterocycles. The van der Waals surface area contributed by atoms with Gasteiger partial charge in [0.1, 0.15) is 12.6 Å². The molecule has 0 saturated carbocycles. The Hall–Kier alpha value is -3.96. The van der Waals surface area contributed by atoms with Gasteiger partial charge >= 0.3 is 12.2 Å². The summed E-state index contributed by atoms with van der Waals surface area (Å²) < 4.78 is 10.1. The number of hydrogen-bond acceptors (Lipinski definition) is 8. The molecule has 2 aromatic carbocycles. The molecule has 226 valence electrons. The molecule has 0 saturated heterocycles. The molecule has 0 aliphatic carbocycles. The minimum atomic E-state index is -1.04. The molecule has 0 spiro atoms. The normalized spacial score (nSPS) is 14.1. The second-order valence-electron chi connectivity index (χ2n) is 11.1. The summed E-state index contributed by atoms with van der Waals surface area (Å²) in [5.41, 5.74) is 2.92. The molecule has 4 atom stereocenters. The van der Waals surface area contributed by atoms with E-state index in [4.69, 9.17) is 9.47 Å². The van der Waals surface area contributed by atoms with E-state index in [0.29, 0.717) is 12.8 Å². The fraction of sp³-hybridized carbons (Fsp3) is 0.419. The molecule has 0 bridgehead atoms. The lowest BCUT2D eigenvalue weighted by atomic mass is 9.85. The van der Waals surface area contributed by atoms with Gasteiger partial charge in [-0.05, 0) is 35.8 Å². The molecule has 1 heterocycles. The quantitative estimate of drug-likeness (QED) is 0.232. The molecular formula is C31H40N4O6S.